The van der Waals surface area contributed by atoms with Crippen LogP contribution in [-0.2, 0) is 14.3 Å². The number of nitrogens with two attached hydrogens (primary N) is 1. The molecular weight excluding hydrogens is 358 g/mol. The minimum absolute atomic E-state index is 0.232. The van der Waals surface area contributed by atoms with Gasteiger partial charge >= 0.3 is 12.0 Å². The van der Waals surface area contributed by atoms with Crippen molar-refractivity contribution in [1.29, 1.82) is 0 Å². The topological polar surface area (TPSA) is 111 Å². The number of carbonyl (C=O) groups excluding carboxylic acids is 3. The van der Waals surface area contributed by atoms with E-state index >= 15 is 0 Å². The summed E-state index contributed by atoms with van der Waals surface area (Å²) >= 11 is 0. The number of ether oxygens (including phenoxy) is 1. The molecule has 1 unspecified atom stereocenters. The van der Waals surface area contributed by atoms with Gasteiger partial charge in [-0.1, -0.05) is 74.5 Å². The fourth-order valence-electron chi connectivity index (χ4n) is 2.73. The number of carbonyl (C=O) groups is 3. The van der Waals surface area contributed by atoms with Crippen LogP contribution in [0.25, 0.3) is 0 Å². The summed E-state index contributed by atoms with van der Waals surface area (Å²) in [6, 6.07) is 16.9. The number of primary amides is 1. The first kappa shape index (κ1) is 21.0. The SMILES string of the molecule is CC(C)C(NC(N)=O)C(=O)OCC(=O)NC(c1ccccc1)c1ccccc1. The molecule has 4 N–H and O–H groups in total. The fourth-order valence-corrected chi connectivity index (χ4v) is 2.73. The van der Waals surface area contributed by atoms with Crippen molar-refractivity contribution in [3.05, 3.63) is 71.8 Å². The zero-order valence-corrected chi connectivity index (χ0v) is 15.9. The van der Waals surface area contributed by atoms with Crippen LogP contribution in [0.5, 0.6) is 0 Å². The van der Waals surface area contributed by atoms with Crippen LogP contribution in [0.1, 0.15) is 31.0 Å². The molecule has 0 spiro atoms. The maximum Gasteiger partial charge on any atom is 0.329 e. The number of hydrogen-bond acceptors (Lipinski definition) is 4. The highest BCUT2D eigenvalue weighted by atomic mass is 16.5. The molecule has 0 saturated carbocycles. The zero-order chi connectivity index (χ0) is 20.5. The van der Waals surface area contributed by atoms with Crippen molar-refractivity contribution in [3.8, 4) is 0 Å². The Morgan fingerprint density at radius 3 is 1.82 bits per heavy atom. The van der Waals surface area contributed by atoms with Crippen molar-refractivity contribution in [3.63, 3.8) is 0 Å². The van der Waals surface area contributed by atoms with Crippen molar-refractivity contribution in [2.75, 3.05) is 6.61 Å². The zero-order valence-electron chi connectivity index (χ0n) is 15.9. The van der Waals surface area contributed by atoms with Crippen LogP contribution in [0.4, 0.5) is 4.79 Å². The molecule has 0 saturated heterocycles. The molecule has 7 nitrogen and oxygen atoms in total. The lowest BCUT2D eigenvalue weighted by molar-refractivity contribution is -0.151. The molecule has 7 heteroatoms. The van der Waals surface area contributed by atoms with Gasteiger partial charge in [-0.25, -0.2) is 9.59 Å². The van der Waals surface area contributed by atoms with E-state index in [-0.39, 0.29) is 12.0 Å². The summed E-state index contributed by atoms with van der Waals surface area (Å²) in [4.78, 5) is 35.6. The van der Waals surface area contributed by atoms with Crippen molar-refractivity contribution >= 4 is 17.9 Å². The highest BCUT2D eigenvalue weighted by Gasteiger charge is 2.26. The lowest BCUT2D eigenvalue weighted by Gasteiger charge is -2.21. The van der Waals surface area contributed by atoms with Gasteiger partial charge in [0, 0.05) is 0 Å². The lowest BCUT2D eigenvalue weighted by Crippen LogP contribution is -2.48. The second-order valence-electron chi connectivity index (χ2n) is 6.66. The monoisotopic (exact) mass is 383 g/mol. The van der Waals surface area contributed by atoms with E-state index in [1.807, 2.05) is 60.7 Å². The molecule has 3 amide bonds. The highest BCUT2D eigenvalue weighted by Crippen LogP contribution is 2.21. The molecular formula is C21H25N3O4. The number of amides is 3. The molecule has 0 aliphatic heterocycles. The third-order valence-electron chi connectivity index (χ3n) is 4.14. The van der Waals surface area contributed by atoms with E-state index in [0.29, 0.717) is 0 Å². The number of nitrogens with one attached hydrogen (secondary N) is 2. The average Bonchev–Trinajstić information content (AvgIpc) is 2.69. The Kier molecular flexibility index (Phi) is 7.56. The van der Waals surface area contributed by atoms with E-state index in [1.54, 1.807) is 13.8 Å². The molecule has 0 heterocycles. The first-order chi connectivity index (χ1) is 13.4. The fraction of sp³-hybridized carbons (Fsp3) is 0.286. The number of urea groups is 1. The van der Waals surface area contributed by atoms with Gasteiger partial charge < -0.3 is 21.1 Å². The van der Waals surface area contributed by atoms with E-state index in [1.165, 1.54) is 0 Å². The minimum Gasteiger partial charge on any atom is -0.454 e. The normalized spacial score (nSPS) is 11.7. The molecule has 0 aromatic heterocycles. The third-order valence-corrected chi connectivity index (χ3v) is 4.14. The Morgan fingerprint density at radius 1 is 0.893 bits per heavy atom. The van der Waals surface area contributed by atoms with Crippen molar-refractivity contribution in [2.24, 2.45) is 11.7 Å². The van der Waals surface area contributed by atoms with Crippen molar-refractivity contribution in [2.45, 2.75) is 25.9 Å². The summed E-state index contributed by atoms with van der Waals surface area (Å²) in [5.74, 6) is -1.39. The Bertz CT molecular complexity index is 754. The van der Waals surface area contributed by atoms with Crippen LogP contribution >= 0.6 is 0 Å². The predicted octanol–water partition coefficient (Wildman–Crippen LogP) is 2.13. The van der Waals surface area contributed by atoms with Gasteiger partial charge in [0.2, 0.25) is 0 Å². The molecule has 28 heavy (non-hydrogen) atoms. The highest BCUT2D eigenvalue weighted by molar-refractivity contribution is 5.85. The van der Waals surface area contributed by atoms with Gasteiger partial charge in [-0.15, -0.1) is 0 Å². The van der Waals surface area contributed by atoms with Crippen LogP contribution in [0.2, 0.25) is 0 Å². The summed E-state index contributed by atoms with van der Waals surface area (Å²) in [7, 11) is 0. The van der Waals surface area contributed by atoms with Gasteiger partial charge in [0.05, 0.1) is 6.04 Å². The minimum atomic E-state index is -0.913. The van der Waals surface area contributed by atoms with Gasteiger partial charge in [-0.05, 0) is 17.0 Å². The van der Waals surface area contributed by atoms with Gasteiger partial charge in [0.1, 0.15) is 6.04 Å². The maximum absolute atomic E-state index is 12.4. The van der Waals surface area contributed by atoms with E-state index in [0.717, 1.165) is 11.1 Å². The number of hydrogen-bond donors (Lipinski definition) is 3. The molecule has 1 atom stereocenters. The predicted molar refractivity (Wildman–Crippen MR) is 105 cm³/mol. The van der Waals surface area contributed by atoms with E-state index in [2.05, 4.69) is 10.6 Å². The molecule has 0 fully saturated rings. The second-order valence-corrected chi connectivity index (χ2v) is 6.66. The smallest absolute Gasteiger partial charge is 0.329 e. The molecule has 2 aromatic carbocycles. The van der Waals surface area contributed by atoms with E-state index in [4.69, 9.17) is 10.5 Å². The number of benzene rings is 2. The Morgan fingerprint density at radius 2 is 1.39 bits per heavy atom. The van der Waals surface area contributed by atoms with Crippen LogP contribution in [0.15, 0.2) is 60.7 Å². The quantitative estimate of drug-likeness (QED) is 0.607. The number of esters is 1. The standard InChI is InChI=1S/C21H25N3O4/c1-14(2)18(24-21(22)27)20(26)28-13-17(25)23-19(15-9-5-3-6-10-15)16-11-7-4-8-12-16/h3-12,14,18-19H,13H2,1-2H3,(H,23,25)(H3,22,24,27). The van der Waals surface area contributed by atoms with E-state index < -0.39 is 30.6 Å². The summed E-state index contributed by atoms with van der Waals surface area (Å²) in [5, 5.41) is 5.21. The first-order valence-corrected chi connectivity index (χ1v) is 9.00. The molecule has 0 radical (unpaired) electrons. The van der Waals surface area contributed by atoms with Gasteiger partial charge in [-0.3, -0.25) is 4.79 Å². The third kappa shape index (κ3) is 6.12. The second kappa shape index (κ2) is 10.1. The summed E-state index contributed by atoms with van der Waals surface area (Å²) in [6.07, 6.45) is 0. The van der Waals surface area contributed by atoms with Gasteiger partial charge in [0.25, 0.3) is 5.91 Å². The molecule has 0 bridgehead atoms. The van der Waals surface area contributed by atoms with Gasteiger partial charge in [-0.2, -0.15) is 0 Å². The summed E-state index contributed by atoms with van der Waals surface area (Å²) < 4.78 is 5.08. The Balaban J connectivity index is 2.04. The van der Waals surface area contributed by atoms with Crippen molar-refractivity contribution in [1.82, 2.24) is 10.6 Å². The lowest BCUT2D eigenvalue weighted by atomic mass is 9.99. The number of rotatable bonds is 8. The Labute approximate surface area is 164 Å². The Hall–Kier alpha value is -3.35. The average molecular weight is 383 g/mol. The molecule has 0 aliphatic carbocycles. The van der Waals surface area contributed by atoms with E-state index in [9.17, 15) is 14.4 Å². The van der Waals surface area contributed by atoms with Crippen LogP contribution in [0, 0.1) is 5.92 Å². The maximum atomic E-state index is 12.4. The molecule has 2 aromatic rings. The van der Waals surface area contributed by atoms with Gasteiger partial charge in [0.15, 0.2) is 6.61 Å². The molecule has 2 rings (SSSR count). The summed E-state index contributed by atoms with van der Waals surface area (Å²) in [5.41, 5.74) is 6.90. The van der Waals surface area contributed by atoms with Crippen LogP contribution < -0.4 is 16.4 Å². The largest absolute Gasteiger partial charge is 0.454 e. The summed E-state index contributed by atoms with van der Waals surface area (Å²) in [6.45, 7) is 3.02. The van der Waals surface area contributed by atoms with Crippen molar-refractivity contribution < 1.29 is 19.1 Å². The molecule has 148 valence electrons. The molecule has 0 aliphatic rings. The van der Waals surface area contributed by atoms with Crippen LogP contribution in [-0.4, -0.2) is 30.6 Å². The van der Waals surface area contributed by atoms with Crippen LogP contribution in [0.3, 0.4) is 0 Å². The first-order valence-electron chi connectivity index (χ1n) is 9.00.